The molecule has 33 heavy (non-hydrogen) atoms. The van der Waals surface area contributed by atoms with Crippen molar-refractivity contribution >= 4 is 27.8 Å². The van der Waals surface area contributed by atoms with Gasteiger partial charge in [0.1, 0.15) is 17.0 Å². The summed E-state index contributed by atoms with van der Waals surface area (Å²) in [6, 6.07) is 13.2. The Kier molecular flexibility index (Phi) is 5.79. The summed E-state index contributed by atoms with van der Waals surface area (Å²) >= 11 is 0. The van der Waals surface area contributed by atoms with Gasteiger partial charge in [-0.05, 0) is 49.9 Å². The maximum atomic E-state index is 12.3. The lowest BCUT2D eigenvalue weighted by Gasteiger charge is -2.21. The van der Waals surface area contributed by atoms with Gasteiger partial charge < -0.3 is 14.3 Å². The third kappa shape index (κ3) is 4.08. The molecule has 5 heteroatoms. The normalized spacial score (nSPS) is 14.7. The topological polar surface area (TPSA) is 72.6 Å². The van der Waals surface area contributed by atoms with Crippen molar-refractivity contribution < 1.29 is 19.1 Å². The van der Waals surface area contributed by atoms with Gasteiger partial charge in [-0.3, -0.25) is 0 Å². The van der Waals surface area contributed by atoms with E-state index < -0.39 is 5.97 Å². The number of aromatic carboxylic acids is 1. The summed E-state index contributed by atoms with van der Waals surface area (Å²) in [5, 5.41) is 11.7. The maximum absolute atomic E-state index is 12.3. The molecule has 1 saturated carbocycles. The van der Waals surface area contributed by atoms with Gasteiger partial charge in [-0.25, -0.2) is 9.78 Å². The van der Waals surface area contributed by atoms with Crippen molar-refractivity contribution in [2.24, 2.45) is 5.92 Å². The molecule has 1 aliphatic carbocycles. The average Bonchev–Trinajstić information content (AvgIpc) is 3.17. The number of ether oxygens (including phenoxy) is 1. The molecule has 0 saturated heterocycles. The van der Waals surface area contributed by atoms with Crippen molar-refractivity contribution in [3.8, 4) is 17.2 Å². The molecule has 2 aromatic heterocycles. The number of fused-ring (bicyclic) bond motifs is 2. The molecule has 4 aromatic rings. The van der Waals surface area contributed by atoms with E-state index in [1.807, 2.05) is 50.2 Å². The molecular formula is C28H29NO4. The third-order valence-electron chi connectivity index (χ3n) is 6.94. The Morgan fingerprint density at radius 2 is 1.91 bits per heavy atom. The second kappa shape index (κ2) is 8.89. The van der Waals surface area contributed by atoms with Gasteiger partial charge in [0.15, 0.2) is 5.76 Å². The van der Waals surface area contributed by atoms with Gasteiger partial charge in [-0.15, -0.1) is 0 Å². The fourth-order valence-electron chi connectivity index (χ4n) is 5.08. The van der Waals surface area contributed by atoms with Crippen LogP contribution in [0.4, 0.5) is 0 Å². The van der Waals surface area contributed by atoms with Crippen molar-refractivity contribution in [1.82, 2.24) is 4.98 Å². The summed E-state index contributed by atoms with van der Waals surface area (Å²) in [5.41, 5.74) is 3.97. The van der Waals surface area contributed by atoms with Crippen molar-refractivity contribution in [3.05, 3.63) is 59.2 Å². The van der Waals surface area contributed by atoms with Crippen LogP contribution >= 0.6 is 0 Å². The van der Waals surface area contributed by atoms with Crippen LogP contribution in [0.2, 0.25) is 0 Å². The first-order chi connectivity index (χ1) is 16.0. The van der Waals surface area contributed by atoms with Crippen LogP contribution in [0.5, 0.6) is 5.75 Å². The number of carboxylic acids is 1. The first-order valence-electron chi connectivity index (χ1n) is 11.8. The van der Waals surface area contributed by atoms with E-state index in [4.69, 9.17) is 14.1 Å². The molecule has 170 valence electrons. The molecule has 2 aromatic carbocycles. The first kappa shape index (κ1) is 21.5. The van der Waals surface area contributed by atoms with E-state index in [0.717, 1.165) is 28.5 Å². The molecule has 0 spiro atoms. The average molecular weight is 444 g/mol. The number of benzene rings is 2. The highest BCUT2D eigenvalue weighted by atomic mass is 16.5. The van der Waals surface area contributed by atoms with Crippen LogP contribution in [0, 0.1) is 19.8 Å². The van der Waals surface area contributed by atoms with E-state index in [1.54, 1.807) is 6.07 Å². The van der Waals surface area contributed by atoms with E-state index in [-0.39, 0.29) is 5.56 Å². The minimum atomic E-state index is -1.000. The number of furan rings is 1. The predicted octanol–water partition coefficient (Wildman–Crippen LogP) is 7.31. The van der Waals surface area contributed by atoms with Gasteiger partial charge in [-0.1, -0.05) is 56.4 Å². The molecule has 5 rings (SSSR count). The number of rotatable bonds is 6. The number of hydrogen-bond donors (Lipinski definition) is 1. The largest absolute Gasteiger partial charge is 0.493 e. The molecule has 1 fully saturated rings. The van der Waals surface area contributed by atoms with Gasteiger partial charge in [-0.2, -0.15) is 0 Å². The Balaban J connectivity index is 1.56. The van der Waals surface area contributed by atoms with Crippen LogP contribution < -0.4 is 4.74 Å². The Morgan fingerprint density at radius 1 is 1.12 bits per heavy atom. The Bertz CT molecular complexity index is 1330. The van der Waals surface area contributed by atoms with Crippen LogP contribution in [0.1, 0.15) is 60.0 Å². The molecule has 0 radical (unpaired) electrons. The number of pyridine rings is 1. The zero-order valence-electron chi connectivity index (χ0n) is 19.2. The van der Waals surface area contributed by atoms with Crippen molar-refractivity contribution in [3.63, 3.8) is 0 Å². The number of aromatic nitrogens is 1. The van der Waals surface area contributed by atoms with Gasteiger partial charge >= 0.3 is 5.97 Å². The van der Waals surface area contributed by atoms with Crippen LogP contribution in [0.25, 0.3) is 33.3 Å². The fraction of sp³-hybridized carbons (Fsp3) is 0.357. The number of aryl methyl sites for hydroxylation is 2. The van der Waals surface area contributed by atoms with E-state index >= 15 is 0 Å². The maximum Gasteiger partial charge on any atom is 0.336 e. The predicted molar refractivity (Wildman–Crippen MR) is 130 cm³/mol. The van der Waals surface area contributed by atoms with Crippen molar-refractivity contribution in [2.45, 2.75) is 52.4 Å². The van der Waals surface area contributed by atoms with Crippen molar-refractivity contribution in [2.75, 3.05) is 6.61 Å². The SMILES string of the molecule is Cc1c(-c2cc(C(=O)O)c3c(OCCC4CCCCC4)ccc(C)c3n2)oc2ccccc12. The van der Waals surface area contributed by atoms with Crippen LogP contribution in [0.3, 0.4) is 0 Å². The second-order valence-corrected chi connectivity index (χ2v) is 9.16. The van der Waals surface area contributed by atoms with E-state index in [1.165, 1.54) is 32.1 Å². The number of para-hydroxylation sites is 1. The van der Waals surface area contributed by atoms with E-state index in [0.29, 0.717) is 40.6 Å². The summed E-state index contributed by atoms with van der Waals surface area (Å²) in [6.07, 6.45) is 7.47. The lowest BCUT2D eigenvalue weighted by molar-refractivity contribution is 0.0698. The molecule has 0 bridgehead atoms. The third-order valence-corrected chi connectivity index (χ3v) is 6.94. The number of nitrogens with zero attached hydrogens (tertiary/aromatic N) is 1. The molecular weight excluding hydrogens is 414 g/mol. The van der Waals surface area contributed by atoms with Gasteiger partial charge in [0.05, 0.1) is 23.1 Å². The summed E-state index contributed by atoms with van der Waals surface area (Å²) in [7, 11) is 0. The summed E-state index contributed by atoms with van der Waals surface area (Å²) in [4.78, 5) is 17.2. The highest BCUT2D eigenvalue weighted by Gasteiger charge is 2.22. The highest BCUT2D eigenvalue weighted by Crippen LogP contribution is 2.37. The molecule has 0 amide bonds. The molecule has 0 unspecified atom stereocenters. The minimum absolute atomic E-state index is 0.186. The molecule has 1 aliphatic rings. The van der Waals surface area contributed by atoms with Crippen LogP contribution in [0.15, 0.2) is 46.9 Å². The number of carbonyl (C=O) groups is 1. The molecule has 1 N–H and O–H groups in total. The molecule has 0 atom stereocenters. The van der Waals surface area contributed by atoms with Gasteiger partial charge in [0.2, 0.25) is 0 Å². The molecule has 0 aliphatic heterocycles. The lowest BCUT2D eigenvalue weighted by Crippen LogP contribution is -2.11. The standard InChI is InChI=1S/C28H29NO4/c1-17-12-13-24(32-15-14-19-8-4-3-5-9-19)25-21(28(30)31)16-22(29-26(17)25)27-18(2)20-10-6-7-11-23(20)33-27/h6-7,10-13,16,19H,3-5,8-9,14-15H2,1-2H3,(H,30,31). The van der Waals surface area contributed by atoms with E-state index in [2.05, 4.69) is 0 Å². The first-order valence-corrected chi connectivity index (χ1v) is 11.8. The Morgan fingerprint density at radius 3 is 2.67 bits per heavy atom. The number of hydrogen-bond acceptors (Lipinski definition) is 4. The quantitative estimate of drug-likeness (QED) is 0.338. The highest BCUT2D eigenvalue weighted by molar-refractivity contribution is 6.07. The fourth-order valence-corrected chi connectivity index (χ4v) is 5.08. The van der Waals surface area contributed by atoms with Crippen molar-refractivity contribution in [1.29, 1.82) is 0 Å². The number of carboxylic acid groups (broad SMARTS) is 1. The Labute approximate surface area is 193 Å². The molecule has 2 heterocycles. The lowest BCUT2D eigenvalue weighted by atomic mass is 9.87. The Hall–Kier alpha value is -3.34. The van der Waals surface area contributed by atoms with Crippen LogP contribution in [-0.4, -0.2) is 22.7 Å². The second-order valence-electron chi connectivity index (χ2n) is 9.16. The smallest absolute Gasteiger partial charge is 0.336 e. The van der Waals surface area contributed by atoms with Gasteiger partial charge in [0, 0.05) is 10.9 Å². The minimum Gasteiger partial charge on any atom is -0.493 e. The van der Waals surface area contributed by atoms with Gasteiger partial charge in [0.25, 0.3) is 0 Å². The zero-order chi connectivity index (χ0) is 22.9. The zero-order valence-corrected chi connectivity index (χ0v) is 19.2. The molecule has 5 nitrogen and oxygen atoms in total. The van der Waals surface area contributed by atoms with E-state index in [9.17, 15) is 9.90 Å². The summed E-state index contributed by atoms with van der Waals surface area (Å²) in [5.74, 6) is 0.892. The summed E-state index contributed by atoms with van der Waals surface area (Å²) in [6.45, 7) is 4.51. The monoisotopic (exact) mass is 443 g/mol. The summed E-state index contributed by atoms with van der Waals surface area (Å²) < 4.78 is 12.2. The van der Waals surface area contributed by atoms with Crippen LogP contribution in [-0.2, 0) is 0 Å².